The van der Waals surface area contributed by atoms with Gasteiger partial charge in [0, 0.05) is 19.6 Å². The zero-order valence-electron chi connectivity index (χ0n) is 21.5. The lowest BCUT2D eigenvalue weighted by molar-refractivity contribution is -0.157. The number of hydrogen-bond donors (Lipinski definition) is 2. The summed E-state index contributed by atoms with van der Waals surface area (Å²) in [5.74, 6) is -6.67. The quantitative estimate of drug-likeness (QED) is 0.298. The van der Waals surface area contributed by atoms with E-state index in [9.17, 15) is 50.3 Å². The number of hydrogen-bond acceptors (Lipinski definition) is 6. The molecule has 10 nitrogen and oxygen atoms in total. The fourth-order valence-corrected chi connectivity index (χ4v) is 3.92. The van der Waals surface area contributed by atoms with Gasteiger partial charge in [0.15, 0.2) is 5.78 Å². The summed E-state index contributed by atoms with van der Waals surface area (Å²) in [4.78, 5) is 63.6. The second kappa shape index (κ2) is 12.9. The predicted octanol–water partition coefficient (Wildman–Crippen LogP) is 2.50. The van der Waals surface area contributed by atoms with Crippen LogP contribution >= 0.6 is 0 Å². The number of nitrogens with zero attached hydrogens (tertiary/aromatic N) is 2. The molecule has 226 valence electrons. The number of aliphatic carboxylic acids is 1. The van der Waals surface area contributed by atoms with Crippen molar-refractivity contribution in [1.82, 2.24) is 15.1 Å². The monoisotopic (exact) mass is 603 g/mol. The maximum absolute atomic E-state index is 13.1. The number of ketones is 1. The second-order valence-electron chi connectivity index (χ2n) is 9.15. The van der Waals surface area contributed by atoms with Gasteiger partial charge in [-0.25, -0.2) is 0 Å². The summed E-state index contributed by atoms with van der Waals surface area (Å²) in [5.41, 5.74) is -2.63. The lowest BCUT2D eigenvalue weighted by Gasteiger charge is -2.33. The van der Waals surface area contributed by atoms with Gasteiger partial charge in [-0.15, -0.1) is 0 Å². The summed E-state index contributed by atoms with van der Waals surface area (Å²) < 4.78 is 83.2. The van der Waals surface area contributed by atoms with Crippen molar-refractivity contribution < 1.29 is 60.2 Å². The van der Waals surface area contributed by atoms with Crippen molar-refractivity contribution in [1.29, 1.82) is 0 Å². The Kier molecular flexibility index (Phi) is 9.80. The number of carbonyl (C=O) groups is 5. The van der Waals surface area contributed by atoms with Crippen LogP contribution in [0.5, 0.6) is 5.75 Å². The van der Waals surface area contributed by atoms with Crippen LogP contribution < -0.4 is 10.1 Å². The molecule has 0 saturated carbocycles. The van der Waals surface area contributed by atoms with E-state index >= 15 is 0 Å². The average molecular weight is 603 g/mol. The number of alkyl halides is 6. The van der Waals surface area contributed by atoms with Crippen LogP contribution in [0, 0.1) is 0 Å². The molecule has 0 radical (unpaired) electrons. The van der Waals surface area contributed by atoms with Crippen molar-refractivity contribution in [3.63, 3.8) is 0 Å². The molecule has 42 heavy (non-hydrogen) atoms. The number of amides is 3. The van der Waals surface area contributed by atoms with Crippen LogP contribution in [0.2, 0.25) is 0 Å². The summed E-state index contributed by atoms with van der Waals surface area (Å²) in [6.07, 6.45) is -11.4. The molecule has 0 aromatic heterocycles. The van der Waals surface area contributed by atoms with Crippen LogP contribution in [0.15, 0.2) is 48.5 Å². The number of rotatable bonds is 11. The Balaban J connectivity index is 1.63. The number of carbonyl (C=O) groups excluding carboxylic acids is 4. The lowest BCUT2D eigenvalue weighted by Crippen LogP contribution is -2.57. The van der Waals surface area contributed by atoms with E-state index in [0.29, 0.717) is 0 Å². The highest BCUT2D eigenvalue weighted by molar-refractivity contribution is 6.35. The highest BCUT2D eigenvalue weighted by atomic mass is 19.4. The maximum atomic E-state index is 13.1. The second-order valence-corrected chi connectivity index (χ2v) is 9.15. The molecule has 3 amide bonds. The van der Waals surface area contributed by atoms with E-state index in [1.165, 1.54) is 4.90 Å². The Labute approximate surface area is 233 Å². The highest BCUT2D eigenvalue weighted by Gasteiger charge is 2.38. The Hall–Kier alpha value is -4.63. The number of Topliss-reactive ketones (excluding diaryl/α,β-unsaturated/α-hetero) is 1. The van der Waals surface area contributed by atoms with Crippen LogP contribution in [0.3, 0.4) is 0 Å². The molecule has 1 fully saturated rings. The highest BCUT2D eigenvalue weighted by Crippen LogP contribution is 2.38. The van der Waals surface area contributed by atoms with Gasteiger partial charge in [-0.1, -0.05) is 30.3 Å². The largest absolute Gasteiger partial charge is 0.486 e. The molecule has 0 bridgehead atoms. The minimum absolute atomic E-state index is 0.0530. The lowest BCUT2D eigenvalue weighted by atomic mass is 10.1. The SMILES string of the molecule is O=C(O)CC(NC(=O)CN1CCN(Cc2ccccc2)C(=O)C1=O)C(=O)COc1cc(C(F)(F)F)cc(C(F)(F)F)c1. The first-order valence-electron chi connectivity index (χ1n) is 12.1. The fourth-order valence-electron chi connectivity index (χ4n) is 3.92. The van der Waals surface area contributed by atoms with Gasteiger partial charge in [0.25, 0.3) is 0 Å². The van der Waals surface area contributed by atoms with Crippen LogP contribution in [-0.4, -0.2) is 76.7 Å². The Morgan fingerprint density at radius 1 is 0.881 bits per heavy atom. The molecule has 3 rings (SSSR count). The Morgan fingerprint density at radius 2 is 1.43 bits per heavy atom. The summed E-state index contributed by atoms with van der Waals surface area (Å²) in [6.45, 7) is -1.74. The van der Waals surface area contributed by atoms with Crippen molar-refractivity contribution in [3.8, 4) is 5.75 Å². The van der Waals surface area contributed by atoms with E-state index in [4.69, 9.17) is 9.84 Å². The average Bonchev–Trinajstić information content (AvgIpc) is 2.90. The van der Waals surface area contributed by atoms with Crippen molar-refractivity contribution in [2.75, 3.05) is 26.2 Å². The first-order valence-corrected chi connectivity index (χ1v) is 12.1. The molecule has 2 aromatic carbocycles. The number of halogens is 6. The zero-order valence-corrected chi connectivity index (χ0v) is 21.5. The number of benzene rings is 2. The topological polar surface area (TPSA) is 133 Å². The molecule has 1 heterocycles. The van der Waals surface area contributed by atoms with E-state index < -0.39 is 84.3 Å². The van der Waals surface area contributed by atoms with Gasteiger partial charge >= 0.3 is 30.1 Å². The zero-order chi connectivity index (χ0) is 31.2. The molecule has 2 aromatic rings. The van der Waals surface area contributed by atoms with Crippen molar-refractivity contribution in [3.05, 3.63) is 65.2 Å². The van der Waals surface area contributed by atoms with E-state index in [0.717, 1.165) is 10.5 Å². The van der Waals surface area contributed by atoms with Crippen LogP contribution in [0.1, 0.15) is 23.1 Å². The summed E-state index contributed by atoms with van der Waals surface area (Å²) in [7, 11) is 0. The number of carboxylic acids is 1. The number of ether oxygens (including phenoxy) is 1. The number of nitrogens with one attached hydrogen (secondary N) is 1. The van der Waals surface area contributed by atoms with E-state index in [-0.39, 0.29) is 37.8 Å². The molecule has 1 aliphatic heterocycles. The molecule has 1 atom stereocenters. The predicted molar refractivity (Wildman–Crippen MR) is 130 cm³/mol. The summed E-state index contributed by atoms with van der Waals surface area (Å²) >= 11 is 0. The van der Waals surface area contributed by atoms with Crippen LogP contribution in [0.4, 0.5) is 26.3 Å². The molecule has 0 aliphatic carbocycles. The summed E-state index contributed by atoms with van der Waals surface area (Å²) in [6, 6.07) is 7.29. The van der Waals surface area contributed by atoms with E-state index in [1.807, 2.05) is 0 Å². The molecule has 1 saturated heterocycles. The van der Waals surface area contributed by atoms with Crippen molar-refractivity contribution >= 4 is 29.5 Å². The molecule has 16 heteroatoms. The van der Waals surface area contributed by atoms with Gasteiger partial charge in [0.1, 0.15) is 24.9 Å². The van der Waals surface area contributed by atoms with Gasteiger partial charge < -0.3 is 25.0 Å². The molecular formula is C26H23F6N3O7. The third-order valence-electron chi connectivity index (χ3n) is 5.99. The van der Waals surface area contributed by atoms with Gasteiger partial charge in [0.05, 0.1) is 17.5 Å². The number of piperazine rings is 1. The Bertz CT molecular complexity index is 1320. The van der Waals surface area contributed by atoms with Crippen molar-refractivity contribution in [2.45, 2.75) is 31.4 Å². The molecule has 1 aliphatic rings. The molecular weight excluding hydrogens is 580 g/mol. The standard InChI is InChI=1S/C26H23F6N3O7/c27-25(28,29)16-8-17(26(30,31)32)10-18(9-16)42-14-20(36)19(11-22(38)39)33-21(37)13-35-7-6-34(23(40)24(35)41)12-15-4-2-1-3-5-15/h1-5,8-10,19H,6-7,11-14H2,(H,33,37)(H,38,39). The van der Waals surface area contributed by atoms with Gasteiger partial charge in [-0.3, -0.25) is 24.0 Å². The first-order chi connectivity index (χ1) is 19.5. The Morgan fingerprint density at radius 3 is 1.98 bits per heavy atom. The number of carboxylic acid groups (broad SMARTS) is 1. The van der Waals surface area contributed by atoms with Gasteiger partial charge in [-0.2, -0.15) is 26.3 Å². The molecule has 0 spiro atoms. The fraction of sp³-hybridized carbons (Fsp3) is 0.346. The minimum atomic E-state index is -5.17. The van der Waals surface area contributed by atoms with Crippen LogP contribution in [0.25, 0.3) is 0 Å². The van der Waals surface area contributed by atoms with E-state index in [2.05, 4.69) is 5.32 Å². The third kappa shape index (κ3) is 8.68. The minimum Gasteiger partial charge on any atom is -0.486 e. The summed E-state index contributed by atoms with van der Waals surface area (Å²) in [5, 5.41) is 11.2. The normalized spacial score (nSPS) is 14.9. The first kappa shape index (κ1) is 31.9. The maximum Gasteiger partial charge on any atom is 0.416 e. The van der Waals surface area contributed by atoms with Gasteiger partial charge in [0.2, 0.25) is 5.91 Å². The third-order valence-corrected chi connectivity index (χ3v) is 5.99. The van der Waals surface area contributed by atoms with Crippen LogP contribution in [-0.2, 0) is 42.9 Å². The smallest absolute Gasteiger partial charge is 0.416 e. The molecule has 2 N–H and O–H groups in total. The van der Waals surface area contributed by atoms with Gasteiger partial charge in [-0.05, 0) is 23.8 Å². The van der Waals surface area contributed by atoms with Crippen molar-refractivity contribution in [2.24, 2.45) is 0 Å². The van der Waals surface area contributed by atoms with E-state index in [1.54, 1.807) is 30.3 Å². The molecule has 1 unspecified atom stereocenters.